The van der Waals surface area contributed by atoms with Crippen LogP contribution in [-0.2, 0) is 30.3 Å². The molecule has 0 aromatic rings. The molecular formula is C2H6ORhS+3. The molecule has 0 aliphatic heterocycles. The molecule has 3 heteroatoms. The summed E-state index contributed by atoms with van der Waals surface area (Å²) < 4.78 is 9.56. The van der Waals surface area contributed by atoms with Gasteiger partial charge in [0.25, 0.3) is 0 Å². The van der Waals surface area contributed by atoms with Gasteiger partial charge in [0.2, 0.25) is 0 Å². The molecule has 0 aliphatic carbocycles. The van der Waals surface area contributed by atoms with Crippen LogP contribution in [0.3, 0.4) is 0 Å². The number of rotatable bonds is 0. The van der Waals surface area contributed by atoms with Crippen molar-refractivity contribution in [2.45, 2.75) is 0 Å². The first-order valence-electron chi connectivity index (χ1n) is 0.983. The van der Waals surface area contributed by atoms with Crippen LogP contribution in [0, 0.1) is 0 Å². The van der Waals surface area contributed by atoms with E-state index in [1.54, 1.807) is 12.5 Å². The van der Waals surface area contributed by atoms with Crippen LogP contribution in [0.1, 0.15) is 0 Å². The van der Waals surface area contributed by atoms with E-state index in [1.165, 1.54) is 0 Å². The minimum Gasteiger partial charge on any atom is -0.260 e. The molecule has 1 nitrogen and oxygen atoms in total. The Morgan fingerprint density at radius 1 is 1.40 bits per heavy atom. The molecule has 0 saturated carbocycles. The summed E-state index contributed by atoms with van der Waals surface area (Å²) in [6, 6.07) is 0. The van der Waals surface area contributed by atoms with Crippen molar-refractivity contribution in [3.63, 3.8) is 0 Å². The zero-order valence-electron chi connectivity index (χ0n) is 3.15. The van der Waals surface area contributed by atoms with Gasteiger partial charge in [-0.25, -0.2) is 0 Å². The molecule has 0 aliphatic rings. The second-order valence-corrected chi connectivity index (χ2v) is 2.22. The fourth-order valence-electron chi connectivity index (χ4n) is 0. The average molecular weight is 181 g/mol. The van der Waals surface area contributed by atoms with E-state index in [9.17, 15) is 4.21 Å². The second kappa shape index (κ2) is 4.77. The van der Waals surface area contributed by atoms with Crippen LogP contribution in [-0.4, -0.2) is 16.7 Å². The number of hydrogen-bond acceptors (Lipinski definition) is 1. The van der Waals surface area contributed by atoms with Gasteiger partial charge in [0.05, 0.1) is 0 Å². The second-order valence-electron chi connectivity index (χ2n) is 0.742. The van der Waals surface area contributed by atoms with Crippen LogP contribution in [0.5, 0.6) is 0 Å². The normalized spacial score (nSPS) is 7.00. The molecule has 0 N–H and O–H groups in total. The van der Waals surface area contributed by atoms with E-state index in [0.29, 0.717) is 0 Å². The van der Waals surface area contributed by atoms with Gasteiger partial charge in [-0.15, -0.1) is 0 Å². The first kappa shape index (κ1) is 9.24. The number of hydrogen-bond donors (Lipinski definition) is 0. The van der Waals surface area contributed by atoms with Gasteiger partial charge in [-0.05, 0) is 0 Å². The predicted octanol–water partition coefficient (Wildman–Crippen LogP) is -0.00780. The van der Waals surface area contributed by atoms with Crippen LogP contribution in [0.25, 0.3) is 0 Å². The zero-order chi connectivity index (χ0) is 3.58. The maximum atomic E-state index is 9.56. The molecule has 5 heavy (non-hydrogen) atoms. The molecule has 32 valence electrons. The van der Waals surface area contributed by atoms with Crippen molar-refractivity contribution in [2.24, 2.45) is 0 Å². The maximum absolute atomic E-state index is 9.56. The van der Waals surface area contributed by atoms with Gasteiger partial charge >= 0.3 is 19.5 Å². The van der Waals surface area contributed by atoms with Crippen molar-refractivity contribution in [3.8, 4) is 0 Å². The van der Waals surface area contributed by atoms with Gasteiger partial charge in [0, 0.05) is 23.3 Å². The Kier molecular flexibility index (Phi) is 8.82. The van der Waals surface area contributed by atoms with E-state index >= 15 is 0 Å². The monoisotopic (exact) mass is 181 g/mol. The molecule has 0 saturated heterocycles. The molecule has 0 radical (unpaired) electrons. The molecule has 0 bridgehead atoms. The van der Waals surface area contributed by atoms with Gasteiger partial charge < -0.3 is 0 Å². The Bertz CT molecular complexity index is 32.6. The Morgan fingerprint density at radius 2 is 1.40 bits per heavy atom. The summed E-state index contributed by atoms with van der Waals surface area (Å²) in [6.07, 6.45) is 3.28. The Labute approximate surface area is 47.4 Å². The summed E-state index contributed by atoms with van der Waals surface area (Å²) in [5.41, 5.74) is 0. The summed E-state index contributed by atoms with van der Waals surface area (Å²) in [4.78, 5) is 0. The van der Waals surface area contributed by atoms with Gasteiger partial charge in [0.15, 0.2) is 0 Å². The molecule has 0 heterocycles. The summed E-state index contributed by atoms with van der Waals surface area (Å²) in [7, 11) is -0.611. The van der Waals surface area contributed by atoms with Crippen molar-refractivity contribution >= 4 is 10.8 Å². The standard InChI is InChI=1S/C2H6OS.Rh/c1-4(2)3;/h1-2H3;/q;+3. The Morgan fingerprint density at radius 3 is 1.40 bits per heavy atom. The zero-order valence-corrected chi connectivity index (χ0v) is 5.61. The van der Waals surface area contributed by atoms with Crippen molar-refractivity contribution in [2.75, 3.05) is 12.5 Å². The topological polar surface area (TPSA) is 17.1 Å². The molecule has 0 unspecified atom stereocenters. The van der Waals surface area contributed by atoms with E-state index in [2.05, 4.69) is 0 Å². The van der Waals surface area contributed by atoms with Crippen molar-refractivity contribution in [1.29, 1.82) is 0 Å². The van der Waals surface area contributed by atoms with Crippen molar-refractivity contribution in [1.82, 2.24) is 0 Å². The summed E-state index contributed by atoms with van der Waals surface area (Å²) in [6.45, 7) is 0. The van der Waals surface area contributed by atoms with E-state index in [0.717, 1.165) is 0 Å². The fourth-order valence-corrected chi connectivity index (χ4v) is 0. The quantitative estimate of drug-likeness (QED) is 0.480. The van der Waals surface area contributed by atoms with E-state index in [4.69, 9.17) is 0 Å². The first-order valence-corrected chi connectivity index (χ1v) is 2.95. The third kappa shape index (κ3) is 61.4. The fraction of sp³-hybridized carbons (Fsp3) is 1.00. The minimum atomic E-state index is -0.611. The molecule has 0 rings (SSSR count). The Balaban J connectivity index is 0. The SMILES string of the molecule is CS(C)=O.[Rh+3]. The molecule has 0 amide bonds. The van der Waals surface area contributed by atoms with Crippen molar-refractivity contribution in [3.05, 3.63) is 0 Å². The first-order chi connectivity index (χ1) is 1.73. The summed E-state index contributed by atoms with van der Waals surface area (Å²) in [5.74, 6) is 0. The largest absolute Gasteiger partial charge is 3.00 e. The van der Waals surface area contributed by atoms with E-state index in [-0.39, 0.29) is 19.5 Å². The third-order valence-electron chi connectivity index (χ3n) is 0. The average Bonchev–Trinajstić information content (AvgIpc) is 0.811. The molecule has 0 aromatic carbocycles. The minimum absolute atomic E-state index is 0. The predicted molar refractivity (Wildman–Crippen MR) is 20.0 cm³/mol. The smallest absolute Gasteiger partial charge is 0.260 e. The van der Waals surface area contributed by atoms with E-state index in [1.807, 2.05) is 0 Å². The molecule has 0 atom stereocenters. The van der Waals surface area contributed by atoms with Crippen LogP contribution < -0.4 is 0 Å². The van der Waals surface area contributed by atoms with Gasteiger partial charge in [0.1, 0.15) is 0 Å². The third-order valence-corrected chi connectivity index (χ3v) is 0. The van der Waals surface area contributed by atoms with Crippen LogP contribution >= 0.6 is 0 Å². The Hall–Kier alpha value is 0.773. The summed E-state index contributed by atoms with van der Waals surface area (Å²) in [5, 5.41) is 0. The van der Waals surface area contributed by atoms with Crippen LogP contribution in [0.15, 0.2) is 0 Å². The maximum Gasteiger partial charge on any atom is 3.00 e. The van der Waals surface area contributed by atoms with Crippen molar-refractivity contribution < 1.29 is 23.7 Å². The molecule has 0 fully saturated rings. The van der Waals surface area contributed by atoms with Gasteiger partial charge in [-0.3, -0.25) is 4.21 Å². The molecule has 0 spiro atoms. The van der Waals surface area contributed by atoms with Gasteiger partial charge in [-0.2, -0.15) is 0 Å². The molecular weight excluding hydrogens is 175 g/mol. The summed E-state index contributed by atoms with van der Waals surface area (Å²) >= 11 is 0. The van der Waals surface area contributed by atoms with Gasteiger partial charge in [-0.1, -0.05) is 0 Å². The van der Waals surface area contributed by atoms with Crippen LogP contribution in [0.4, 0.5) is 0 Å². The molecule has 0 aromatic heterocycles. The van der Waals surface area contributed by atoms with Crippen LogP contribution in [0.2, 0.25) is 0 Å². The van der Waals surface area contributed by atoms with E-state index < -0.39 is 10.8 Å².